The summed E-state index contributed by atoms with van der Waals surface area (Å²) in [5.74, 6) is -2.01. The monoisotopic (exact) mass is 312 g/mol. The summed E-state index contributed by atoms with van der Waals surface area (Å²) in [4.78, 5) is 24.0. The van der Waals surface area contributed by atoms with Crippen molar-refractivity contribution in [2.24, 2.45) is 5.92 Å². The van der Waals surface area contributed by atoms with Gasteiger partial charge in [0.25, 0.3) is 5.91 Å². The highest BCUT2D eigenvalue weighted by atomic mass is 16.5. The van der Waals surface area contributed by atoms with Crippen LogP contribution < -0.4 is 10.8 Å². The Labute approximate surface area is 135 Å². The summed E-state index contributed by atoms with van der Waals surface area (Å²) in [5, 5.41) is 11.6. The molecule has 23 heavy (non-hydrogen) atoms. The molecule has 3 N–H and O–H groups in total. The maximum Gasteiger partial charge on any atom is 0.255 e. The molecule has 0 aliphatic heterocycles. The molecule has 5 nitrogen and oxygen atoms in total. The van der Waals surface area contributed by atoms with Crippen molar-refractivity contribution < 1.29 is 14.8 Å². The fourth-order valence-electron chi connectivity index (χ4n) is 2.32. The number of carbonyl (C=O) groups excluding carboxylic acids is 2. The Bertz CT molecular complexity index is 629. The topological polar surface area (TPSA) is 78.4 Å². The molecular weight excluding hydrogens is 292 g/mol. The van der Waals surface area contributed by atoms with E-state index in [2.05, 4.69) is 5.32 Å². The molecule has 5 heteroatoms. The second-order valence-electron chi connectivity index (χ2n) is 5.26. The molecule has 0 bridgehead atoms. The normalized spacial score (nSPS) is 11.5. The molecule has 2 amide bonds. The van der Waals surface area contributed by atoms with Crippen LogP contribution in [0.15, 0.2) is 60.7 Å². The lowest BCUT2D eigenvalue weighted by molar-refractivity contribution is -0.141. The third kappa shape index (κ3) is 5.23. The summed E-state index contributed by atoms with van der Waals surface area (Å²) < 4.78 is 0. The van der Waals surface area contributed by atoms with E-state index in [0.717, 1.165) is 11.1 Å². The van der Waals surface area contributed by atoms with E-state index in [1.54, 1.807) is 5.48 Å². The van der Waals surface area contributed by atoms with Crippen molar-refractivity contribution in [3.05, 3.63) is 71.8 Å². The van der Waals surface area contributed by atoms with Crippen molar-refractivity contribution in [2.45, 2.75) is 19.4 Å². The van der Waals surface area contributed by atoms with Crippen molar-refractivity contribution in [2.75, 3.05) is 0 Å². The molecule has 0 spiro atoms. The second kappa shape index (κ2) is 8.70. The zero-order valence-corrected chi connectivity index (χ0v) is 12.7. The van der Waals surface area contributed by atoms with Crippen LogP contribution in [0.1, 0.15) is 17.5 Å². The number of benzene rings is 2. The summed E-state index contributed by atoms with van der Waals surface area (Å²) in [5.41, 5.74) is 3.57. The van der Waals surface area contributed by atoms with Crippen LogP contribution in [0, 0.1) is 5.92 Å². The highest BCUT2D eigenvalue weighted by Crippen LogP contribution is 2.11. The van der Waals surface area contributed by atoms with Gasteiger partial charge < -0.3 is 5.32 Å². The van der Waals surface area contributed by atoms with E-state index in [0.29, 0.717) is 19.4 Å². The smallest absolute Gasteiger partial charge is 0.255 e. The third-order valence-corrected chi connectivity index (χ3v) is 3.62. The zero-order valence-electron chi connectivity index (χ0n) is 12.7. The van der Waals surface area contributed by atoms with E-state index in [-0.39, 0.29) is 0 Å². The predicted octanol–water partition coefficient (Wildman–Crippen LogP) is 2.06. The Morgan fingerprint density at radius 2 is 1.43 bits per heavy atom. The SMILES string of the molecule is O=C(NO)[C@@H](CCc1ccccc1)C(=O)NCc1ccccc1. The lowest BCUT2D eigenvalue weighted by Gasteiger charge is -2.15. The highest BCUT2D eigenvalue weighted by Gasteiger charge is 2.25. The van der Waals surface area contributed by atoms with Crippen molar-refractivity contribution in [1.29, 1.82) is 0 Å². The fourth-order valence-corrected chi connectivity index (χ4v) is 2.32. The Hall–Kier alpha value is -2.66. The van der Waals surface area contributed by atoms with Gasteiger partial charge in [-0.25, -0.2) is 5.48 Å². The van der Waals surface area contributed by atoms with Gasteiger partial charge in [0.1, 0.15) is 5.92 Å². The Balaban J connectivity index is 1.94. The minimum Gasteiger partial charge on any atom is -0.351 e. The Morgan fingerprint density at radius 3 is 2.00 bits per heavy atom. The molecule has 0 saturated heterocycles. The quantitative estimate of drug-likeness (QED) is 0.416. The molecule has 0 aromatic heterocycles. The van der Waals surface area contributed by atoms with Gasteiger partial charge in [0, 0.05) is 6.54 Å². The average Bonchev–Trinajstić information content (AvgIpc) is 2.61. The Kier molecular flexibility index (Phi) is 6.32. The predicted molar refractivity (Wildman–Crippen MR) is 86.5 cm³/mol. The van der Waals surface area contributed by atoms with Crippen LogP contribution >= 0.6 is 0 Å². The average molecular weight is 312 g/mol. The van der Waals surface area contributed by atoms with Crippen molar-refractivity contribution in [1.82, 2.24) is 10.8 Å². The lowest BCUT2D eigenvalue weighted by atomic mass is 9.98. The van der Waals surface area contributed by atoms with Gasteiger partial charge >= 0.3 is 0 Å². The van der Waals surface area contributed by atoms with Gasteiger partial charge in [0.2, 0.25) is 5.91 Å². The van der Waals surface area contributed by atoms with Crippen LogP contribution in [0.25, 0.3) is 0 Å². The standard InChI is InChI=1S/C18H20N2O3/c21-17(19-13-15-9-5-2-6-10-15)16(18(22)20-23)12-11-14-7-3-1-4-8-14/h1-10,16,23H,11-13H2,(H,19,21)(H,20,22)/t16-/m0/s1. The van der Waals surface area contributed by atoms with Gasteiger partial charge in [0.15, 0.2) is 0 Å². The number of nitrogens with one attached hydrogen (secondary N) is 2. The van der Waals surface area contributed by atoms with Crippen LogP contribution in [0.5, 0.6) is 0 Å². The van der Waals surface area contributed by atoms with Crippen LogP contribution in [0.2, 0.25) is 0 Å². The first-order valence-electron chi connectivity index (χ1n) is 7.50. The Morgan fingerprint density at radius 1 is 0.870 bits per heavy atom. The molecule has 0 radical (unpaired) electrons. The van der Waals surface area contributed by atoms with E-state index in [9.17, 15) is 9.59 Å². The first-order chi connectivity index (χ1) is 11.2. The lowest BCUT2D eigenvalue weighted by Crippen LogP contribution is -2.40. The number of carbonyl (C=O) groups is 2. The first kappa shape index (κ1) is 16.7. The minimum absolute atomic E-state index is 0.330. The van der Waals surface area contributed by atoms with Crippen molar-refractivity contribution in [3.8, 4) is 0 Å². The number of amides is 2. The molecule has 0 fully saturated rings. The maximum atomic E-state index is 12.3. The van der Waals surface area contributed by atoms with Gasteiger partial charge in [-0.3, -0.25) is 14.8 Å². The summed E-state index contributed by atoms with van der Waals surface area (Å²) >= 11 is 0. The molecule has 0 saturated carbocycles. The van der Waals surface area contributed by atoms with Crippen LogP contribution in [0.3, 0.4) is 0 Å². The summed E-state index contributed by atoms with van der Waals surface area (Å²) in [6.07, 6.45) is 0.911. The maximum absolute atomic E-state index is 12.3. The number of hydroxylamine groups is 1. The summed E-state index contributed by atoms with van der Waals surface area (Å²) in [6, 6.07) is 19.1. The van der Waals surface area contributed by atoms with E-state index >= 15 is 0 Å². The van der Waals surface area contributed by atoms with Gasteiger partial charge in [-0.1, -0.05) is 60.7 Å². The van der Waals surface area contributed by atoms with Crippen LogP contribution in [-0.4, -0.2) is 17.0 Å². The van der Waals surface area contributed by atoms with E-state index in [1.807, 2.05) is 60.7 Å². The number of hydrogen-bond donors (Lipinski definition) is 3. The third-order valence-electron chi connectivity index (χ3n) is 3.62. The first-order valence-corrected chi connectivity index (χ1v) is 7.50. The van der Waals surface area contributed by atoms with Crippen molar-refractivity contribution >= 4 is 11.8 Å². The molecule has 0 aliphatic rings. The van der Waals surface area contributed by atoms with Crippen molar-refractivity contribution in [3.63, 3.8) is 0 Å². The molecule has 2 aromatic carbocycles. The fraction of sp³-hybridized carbons (Fsp3) is 0.222. The van der Waals surface area contributed by atoms with E-state index in [1.165, 1.54) is 0 Å². The largest absolute Gasteiger partial charge is 0.351 e. The second-order valence-corrected chi connectivity index (χ2v) is 5.26. The van der Waals surface area contributed by atoms with Crippen LogP contribution in [-0.2, 0) is 22.6 Å². The number of rotatable bonds is 7. The molecule has 2 rings (SSSR count). The van der Waals surface area contributed by atoms with E-state index in [4.69, 9.17) is 5.21 Å². The van der Waals surface area contributed by atoms with Gasteiger partial charge in [-0.05, 0) is 24.0 Å². The number of aryl methyl sites for hydroxylation is 1. The molecule has 120 valence electrons. The molecule has 0 aliphatic carbocycles. The number of hydrogen-bond acceptors (Lipinski definition) is 3. The molecule has 0 unspecified atom stereocenters. The van der Waals surface area contributed by atoms with Crippen LogP contribution in [0.4, 0.5) is 0 Å². The molecule has 0 heterocycles. The van der Waals surface area contributed by atoms with Gasteiger partial charge in [-0.2, -0.15) is 0 Å². The molecular formula is C18H20N2O3. The molecule has 2 aromatic rings. The van der Waals surface area contributed by atoms with E-state index < -0.39 is 17.7 Å². The van der Waals surface area contributed by atoms with Gasteiger partial charge in [0.05, 0.1) is 0 Å². The summed E-state index contributed by atoms with van der Waals surface area (Å²) in [7, 11) is 0. The zero-order chi connectivity index (χ0) is 16.5. The minimum atomic E-state index is -0.927. The highest BCUT2D eigenvalue weighted by molar-refractivity contribution is 5.99. The molecule has 1 atom stereocenters. The summed E-state index contributed by atoms with van der Waals surface area (Å²) in [6.45, 7) is 0.347. The van der Waals surface area contributed by atoms with Gasteiger partial charge in [-0.15, -0.1) is 0 Å².